The van der Waals surface area contributed by atoms with Crippen molar-refractivity contribution in [1.82, 2.24) is 0 Å². The molecule has 0 fully saturated rings. The van der Waals surface area contributed by atoms with Crippen LogP contribution < -0.4 is 5.73 Å². The van der Waals surface area contributed by atoms with E-state index >= 15 is 0 Å². The quantitative estimate of drug-likeness (QED) is 0.0546. The zero-order valence-electron chi connectivity index (χ0n) is 23.8. The molecule has 2 atom stereocenters. The number of unbranched alkanes of at least 4 members (excludes halogenated alkanes) is 4. The lowest BCUT2D eigenvalue weighted by Crippen LogP contribution is -2.29. The topological polar surface area (TPSA) is 134 Å². The molecule has 10 heteroatoms. The van der Waals surface area contributed by atoms with Crippen molar-refractivity contribution in [2.24, 2.45) is 5.73 Å². The SMILES string of the molecule is CC/C=C\C/C=C\C/C=C\C/C=C\CCC(=O)OC(COC(=O)CCCCCCC)COP(=O)(O)OCCN. The van der Waals surface area contributed by atoms with E-state index in [2.05, 4.69) is 50.3 Å². The van der Waals surface area contributed by atoms with E-state index < -0.39 is 32.5 Å². The summed E-state index contributed by atoms with van der Waals surface area (Å²) < 4.78 is 32.1. The van der Waals surface area contributed by atoms with Gasteiger partial charge in [-0.2, -0.15) is 0 Å². The van der Waals surface area contributed by atoms with Crippen molar-refractivity contribution in [3.8, 4) is 0 Å². The Bertz CT molecular complexity index is 794. The molecule has 0 aliphatic rings. The molecule has 0 heterocycles. The molecule has 0 aromatic rings. The monoisotopic (exact) mass is 571 g/mol. The molecule has 0 aliphatic heterocycles. The Labute approximate surface area is 235 Å². The number of carbonyl (C=O) groups excluding carboxylic acids is 2. The highest BCUT2D eigenvalue weighted by Crippen LogP contribution is 2.43. The summed E-state index contributed by atoms with van der Waals surface area (Å²) in [6, 6.07) is 0. The summed E-state index contributed by atoms with van der Waals surface area (Å²) in [5.41, 5.74) is 5.27. The average molecular weight is 572 g/mol. The van der Waals surface area contributed by atoms with Crippen LogP contribution in [0.1, 0.15) is 90.9 Å². The molecule has 9 nitrogen and oxygen atoms in total. The van der Waals surface area contributed by atoms with Gasteiger partial charge in [0, 0.05) is 19.4 Å². The molecule has 0 amide bonds. The molecule has 0 rings (SSSR count). The van der Waals surface area contributed by atoms with Gasteiger partial charge >= 0.3 is 19.8 Å². The summed E-state index contributed by atoms with van der Waals surface area (Å²) in [7, 11) is -4.37. The minimum Gasteiger partial charge on any atom is -0.462 e. The maximum atomic E-state index is 12.3. The van der Waals surface area contributed by atoms with Crippen LogP contribution in [0.4, 0.5) is 0 Å². The fourth-order valence-corrected chi connectivity index (χ4v) is 3.94. The lowest BCUT2D eigenvalue weighted by molar-refractivity contribution is -0.161. The highest BCUT2D eigenvalue weighted by molar-refractivity contribution is 7.47. The smallest absolute Gasteiger partial charge is 0.462 e. The van der Waals surface area contributed by atoms with Crippen LogP contribution >= 0.6 is 7.82 Å². The van der Waals surface area contributed by atoms with Crippen molar-refractivity contribution >= 4 is 19.8 Å². The van der Waals surface area contributed by atoms with Crippen LogP contribution in [-0.4, -0.2) is 49.3 Å². The van der Waals surface area contributed by atoms with Crippen LogP contribution in [0.5, 0.6) is 0 Å². The lowest BCUT2D eigenvalue weighted by Gasteiger charge is -2.19. The summed E-state index contributed by atoms with van der Waals surface area (Å²) in [4.78, 5) is 34.1. The fraction of sp³-hybridized carbons (Fsp3) is 0.655. The lowest BCUT2D eigenvalue weighted by atomic mass is 10.1. The minimum atomic E-state index is -4.37. The van der Waals surface area contributed by atoms with Gasteiger partial charge in [-0.05, 0) is 38.5 Å². The van der Waals surface area contributed by atoms with Crippen molar-refractivity contribution in [3.05, 3.63) is 48.6 Å². The van der Waals surface area contributed by atoms with Gasteiger partial charge in [0.15, 0.2) is 6.10 Å². The number of phosphoric acid groups is 1. The van der Waals surface area contributed by atoms with E-state index in [0.717, 1.165) is 51.4 Å². The molecule has 0 aromatic heterocycles. The Morgan fingerprint density at radius 2 is 1.41 bits per heavy atom. The number of carbonyl (C=O) groups is 2. The molecule has 0 saturated carbocycles. The summed E-state index contributed by atoms with van der Waals surface area (Å²) in [5.74, 6) is -0.948. The number of hydrogen-bond donors (Lipinski definition) is 2. The summed E-state index contributed by atoms with van der Waals surface area (Å²) in [6.07, 6.45) is 25.0. The van der Waals surface area contributed by atoms with Crippen LogP contribution in [0, 0.1) is 0 Å². The van der Waals surface area contributed by atoms with E-state index in [-0.39, 0.29) is 32.6 Å². The Hall–Kier alpha value is -2.03. The van der Waals surface area contributed by atoms with Gasteiger partial charge in [0.05, 0.1) is 13.2 Å². The van der Waals surface area contributed by atoms with Crippen molar-refractivity contribution in [3.63, 3.8) is 0 Å². The fourth-order valence-electron chi connectivity index (χ4n) is 3.17. The van der Waals surface area contributed by atoms with E-state index in [9.17, 15) is 19.0 Å². The number of phosphoric ester groups is 1. The van der Waals surface area contributed by atoms with Gasteiger partial charge in [-0.25, -0.2) is 4.57 Å². The number of ether oxygens (including phenoxy) is 2. The molecule has 0 saturated heterocycles. The van der Waals surface area contributed by atoms with Gasteiger partial charge < -0.3 is 20.1 Å². The maximum Gasteiger partial charge on any atom is 0.472 e. The predicted molar refractivity (Wildman–Crippen MR) is 155 cm³/mol. The Kier molecular flexibility index (Phi) is 24.8. The van der Waals surface area contributed by atoms with Crippen LogP contribution in [0.15, 0.2) is 48.6 Å². The normalized spacial score (nSPS) is 14.5. The molecule has 0 aromatic carbocycles. The first kappa shape index (κ1) is 37.0. The standard InChI is InChI=1S/C29H50NO8P/c1-3-5-7-9-10-11-12-13-14-15-16-18-20-22-29(32)38-27(26-37-39(33,34)36-24-23-30)25-35-28(31)21-19-17-8-6-4-2/h5,7,10-11,13-14,16,18,27H,3-4,6,8-9,12,15,17,19-26,30H2,1-2H3,(H,33,34)/b7-5-,11-10-,14-13-,18-16-. The van der Waals surface area contributed by atoms with Crippen LogP contribution in [0.2, 0.25) is 0 Å². The third-order valence-corrected chi connectivity index (χ3v) is 6.23. The van der Waals surface area contributed by atoms with E-state index in [4.69, 9.17) is 24.3 Å². The summed E-state index contributed by atoms with van der Waals surface area (Å²) in [6.45, 7) is 3.37. The third kappa shape index (κ3) is 26.0. The Balaban J connectivity index is 4.50. The van der Waals surface area contributed by atoms with Gasteiger partial charge in [-0.1, -0.05) is 88.1 Å². The summed E-state index contributed by atoms with van der Waals surface area (Å²) in [5, 5.41) is 0. The van der Waals surface area contributed by atoms with E-state index in [1.807, 2.05) is 12.2 Å². The molecule has 0 radical (unpaired) electrons. The van der Waals surface area contributed by atoms with Crippen LogP contribution in [0.25, 0.3) is 0 Å². The van der Waals surface area contributed by atoms with Gasteiger partial charge in [-0.15, -0.1) is 0 Å². The molecule has 0 bridgehead atoms. The molecule has 3 N–H and O–H groups in total. The van der Waals surface area contributed by atoms with Crippen LogP contribution in [0.3, 0.4) is 0 Å². The van der Waals surface area contributed by atoms with Gasteiger partial charge in [0.25, 0.3) is 0 Å². The van der Waals surface area contributed by atoms with Gasteiger partial charge in [-0.3, -0.25) is 18.6 Å². The van der Waals surface area contributed by atoms with Crippen molar-refractivity contribution < 1.29 is 37.6 Å². The summed E-state index contributed by atoms with van der Waals surface area (Å²) >= 11 is 0. The molecule has 224 valence electrons. The van der Waals surface area contributed by atoms with Gasteiger partial charge in [0.1, 0.15) is 6.61 Å². The zero-order valence-corrected chi connectivity index (χ0v) is 24.7. The first-order valence-corrected chi connectivity index (χ1v) is 15.6. The maximum absolute atomic E-state index is 12.3. The number of esters is 2. The minimum absolute atomic E-state index is 0.0412. The number of allylic oxidation sites excluding steroid dienone is 8. The molecular formula is C29H50NO8P. The second-order valence-electron chi connectivity index (χ2n) is 8.88. The first-order chi connectivity index (χ1) is 18.8. The molecular weight excluding hydrogens is 521 g/mol. The second kappa shape index (κ2) is 26.2. The highest BCUT2D eigenvalue weighted by Gasteiger charge is 2.25. The number of nitrogens with two attached hydrogens (primary N) is 1. The second-order valence-corrected chi connectivity index (χ2v) is 10.3. The van der Waals surface area contributed by atoms with Crippen LogP contribution in [-0.2, 0) is 32.7 Å². The Morgan fingerprint density at radius 1 is 0.795 bits per heavy atom. The highest BCUT2D eigenvalue weighted by atomic mass is 31.2. The molecule has 2 unspecified atom stereocenters. The average Bonchev–Trinajstić information content (AvgIpc) is 2.91. The first-order valence-electron chi connectivity index (χ1n) is 14.1. The van der Waals surface area contributed by atoms with Crippen molar-refractivity contribution in [1.29, 1.82) is 0 Å². The number of hydrogen-bond acceptors (Lipinski definition) is 8. The van der Waals surface area contributed by atoms with Crippen molar-refractivity contribution in [2.45, 2.75) is 97.0 Å². The van der Waals surface area contributed by atoms with Crippen molar-refractivity contribution in [2.75, 3.05) is 26.4 Å². The van der Waals surface area contributed by atoms with E-state index in [1.54, 1.807) is 0 Å². The number of rotatable bonds is 25. The van der Waals surface area contributed by atoms with Gasteiger partial charge in [0.2, 0.25) is 0 Å². The Morgan fingerprint density at radius 3 is 2.03 bits per heavy atom. The largest absolute Gasteiger partial charge is 0.472 e. The molecule has 0 spiro atoms. The zero-order chi connectivity index (χ0) is 29.0. The van der Waals surface area contributed by atoms with E-state index in [0.29, 0.717) is 12.8 Å². The third-order valence-electron chi connectivity index (χ3n) is 5.24. The molecule has 0 aliphatic carbocycles. The molecule has 39 heavy (non-hydrogen) atoms. The predicted octanol–water partition coefficient (Wildman–Crippen LogP) is 6.48. The van der Waals surface area contributed by atoms with E-state index in [1.165, 1.54) is 0 Å².